The maximum absolute atomic E-state index is 8.24. The van der Waals surface area contributed by atoms with Crippen molar-refractivity contribution in [2.45, 2.75) is 0 Å². The number of nitrogens with zero attached hydrogens (tertiary/aromatic N) is 1. The molecule has 7 heavy (non-hydrogen) atoms. The second-order valence-corrected chi connectivity index (χ2v) is 0.840. The summed E-state index contributed by atoms with van der Waals surface area (Å²) in [5, 5.41) is 8.24. The van der Waals surface area contributed by atoms with Crippen LogP contribution in [0.4, 0.5) is 0 Å². The predicted molar refractivity (Wildman–Crippen MR) is 28.5 cm³/mol. The van der Waals surface area contributed by atoms with Crippen LogP contribution in [-0.4, -0.2) is 10.1 Å². The van der Waals surface area contributed by atoms with E-state index in [9.17, 15) is 0 Å². The monoisotopic (exact) mass is 165 g/mol. The molecule has 40 valence electrons. The van der Waals surface area contributed by atoms with E-state index < -0.39 is 0 Å². The number of hydrogen-bond acceptors (Lipinski definition) is 3. The fourth-order valence-electron chi connectivity index (χ4n) is 0.209. The van der Waals surface area contributed by atoms with Gasteiger partial charge in [-0.15, -0.1) is 17.0 Å². The SMILES string of the molecule is Br.Oc1cnco1. The molecular weight excluding hydrogens is 162 g/mol. The Morgan fingerprint density at radius 3 is 2.57 bits per heavy atom. The fraction of sp³-hybridized carbons (Fsp3) is 0. The quantitative estimate of drug-likeness (QED) is 0.624. The van der Waals surface area contributed by atoms with Crippen molar-refractivity contribution in [3.63, 3.8) is 0 Å². The first-order valence-corrected chi connectivity index (χ1v) is 1.47. The molecule has 3 nitrogen and oxygen atoms in total. The van der Waals surface area contributed by atoms with E-state index in [2.05, 4.69) is 9.40 Å². The molecule has 1 aromatic heterocycles. The topological polar surface area (TPSA) is 46.3 Å². The number of hydrogen-bond donors (Lipinski definition) is 1. The van der Waals surface area contributed by atoms with E-state index in [4.69, 9.17) is 5.11 Å². The maximum atomic E-state index is 8.24. The van der Waals surface area contributed by atoms with Crippen LogP contribution >= 0.6 is 17.0 Å². The van der Waals surface area contributed by atoms with E-state index in [1.54, 1.807) is 0 Å². The van der Waals surface area contributed by atoms with Gasteiger partial charge >= 0.3 is 5.95 Å². The summed E-state index contributed by atoms with van der Waals surface area (Å²) >= 11 is 0. The highest BCUT2D eigenvalue weighted by atomic mass is 79.9. The normalized spacial score (nSPS) is 7.43. The number of aromatic hydroxyl groups is 1. The molecule has 0 spiro atoms. The molecule has 0 unspecified atom stereocenters. The Bertz CT molecular complexity index is 116. The van der Waals surface area contributed by atoms with Gasteiger partial charge in [0.25, 0.3) is 0 Å². The van der Waals surface area contributed by atoms with Gasteiger partial charge in [-0.1, -0.05) is 0 Å². The van der Waals surface area contributed by atoms with Crippen molar-refractivity contribution >= 4 is 17.0 Å². The van der Waals surface area contributed by atoms with Gasteiger partial charge in [0.1, 0.15) is 6.20 Å². The standard InChI is InChI=1S/C3H3NO2.BrH/c5-3-1-4-2-6-3;/h1-2,5H;1H. The summed E-state index contributed by atoms with van der Waals surface area (Å²) in [6.45, 7) is 0. The summed E-state index contributed by atoms with van der Waals surface area (Å²) in [4.78, 5) is 3.41. The van der Waals surface area contributed by atoms with Crippen LogP contribution in [0.3, 0.4) is 0 Å². The summed E-state index contributed by atoms with van der Waals surface area (Å²) in [5.74, 6) is -0.144. The van der Waals surface area contributed by atoms with E-state index in [-0.39, 0.29) is 22.9 Å². The van der Waals surface area contributed by atoms with E-state index in [1.807, 2.05) is 0 Å². The molecule has 1 aromatic rings. The van der Waals surface area contributed by atoms with Crippen molar-refractivity contribution in [1.82, 2.24) is 4.98 Å². The van der Waals surface area contributed by atoms with E-state index in [1.165, 1.54) is 6.20 Å². The molecule has 0 amide bonds. The predicted octanol–water partition coefficient (Wildman–Crippen LogP) is 0.958. The summed E-state index contributed by atoms with van der Waals surface area (Å²) in [6.07, 6.45) is 2.38. The molecule has 1 heterocycles. The van der Waals surface area contributed by atoms with Gasteiger partial charge in [0.15, 0.2) is 6.39 Å². The van der Waals surface area contributed by atoms with Crippen molar-refractivity contribution in [2.75, 3.05) is 0 Å². The number of aromatic nitrogens is 1. The van der Waals surface area contributed by atoms with Crippen LogP contribution in [0.15, 0.2) is 17.0 Å². The molecule has 0 aliphatic heterocycles. The van der Waals surface area contributed by atoms with Gasteiger partial charge in [-0.3, -0.25) is 0 Å². The largest absolute Gasteiger partial charge is 0.480 e. The van der Waals surface area contributed by atoms with Crippen LogP contribution in [0.5, 0.6) is 5.95 Å². The average molecular weight is 166 g/mol. The zero-order chi connectivity index (χ0) is 4.41. The van der Waals surface area contributed by atoms with Crippen molar-refractivity contribution < 1.29 is 9.52 Å². The third-order valence-corrected chi connectivity index (χ3v) is 0.419. The van der Waals surface area contributed by atoms with Crippen LogP contribution in [0.1, 0.15) is 0 Å². The molecule has 0 fully saturated rings. The molecule has 0 aromatic carbocycles. The molecule has 0 aliphatic rings. The molecule has 0 saturated carbocycles. The molecular formula is C3H4BrNO2. The summed E-state index contributed by atoms with van der Waals surface area (Å²) < 4.78 is 4.28. The average Bonchev–Trinajstić information content (AvgIpc) is 1.86. The van der Waals surface area contributed by atoms with Gasteiger partial charge in [-0.25, -0.2) is 4.98 Å². The van der Waals surface area contributed by atoms with Crippen molar-refractivity contribution in [1.29, 1.82) is 0 Å². The lowest BCUT2D eigenvalue weighted by Crippen LogP contribution is -1.44. The summed E-state index contributed by atoms with van der Waals surface area (Å²) in [7, 11) is 0. The molecule has 0 atom stereocenters. The third-order valence-electron chi connectivity index (χ3n) is 0.419. The molecule has 0 aliphatic carbocycles. The Balaban J connectivity index is 0.000000360. The second kappa shape index (κ2) is 2.63. The molecule has 0 radical (unpaired) electrons. The zero-order valence-electron chi connectivity index (χ0n) is 3.37. The van der Waals surface area contributed by atoms with Crippen LogP contribution in [0.25, 0.3) is 0 Å². The van der Waals surface area contributed by atoms with Crippen LogP contribution in [0, 0.1) is 0 Å². The first-order valence-electron chi connectivity index (χ1n) is 1.47. The van der Waals surface area contributed by atoms with Crippen LogP contribution in [-0.2, 0) is 0 Å². The maximum Gasteiger partial charge on any atom is 0.302 e. The Morgan fingerprint density at radius 1 is 1.71 bits per heavy atom. The Kier molecular flexibility index (Phi) is 2.44. The van der Waals surface area contributed by atoms with Crippen molar-refractivity contribution in [2.24, 2.45) is 0 Å². The van der Waals surface area contributed by atoms with E-state index in [0.717, 1.165) is 6.39 Å². The molecule has 1 rings (SSSR count). The molecule has 0 bridgehead atoms. The number of oxazole rings is 1. The van der Waals surface area contributed by atoms with E-state index in [0.29, 0.717) is 0 Å². The summed E-state index contributed by atoms with van der Waals surface area (Å²) in [6, 6.07) is 0. The lowest BCUT2D eigenvalue weighted by molar-refractivity contribution is 0.332. The zero-order valence-corrected chi connectivity index (χ0v) is 5.08. The lowest BCUT2D eigenvalue weighted by atomic mass is 10.9. The van der Waals surface area contributed by atoms with Crippen molar-refractivity contribution in [3.05, 3.63) is 12.6 Å². The highest BCUT2D eigenvalue weighted by Gasteiger charge is 1.81. The van der Waals surface area contributed by atoms with Gasteiger partial charge < -0.3 is 9.52 Å². The minimum Gasteiger partial charge on any atom is -0.480 e. The van der Waals surface area contributed by atoms with Gasteiger partial charge in [-0.05, 0) is 0 Å². The van der Waals surface area contributed by atoms with Gasteiger partial charge in [-0.2, -0.15) is 0 Å². The van der Waals surface area contributed by atoms with Crippen LogP contribution in [0.2, 0.25) is 0 Å². The third kappa shape index (κ3) is 1.59. The van der Waals surface area contributed by atoms with Gasteiger partial charge in [0, 0.05) is 0 Å². The summed E-state index contributed by atoms with van der Waals surface area (Å²) in [5.41, 5.74) is 0. The first-order chi connectivity index (χ1) is 2.89. The molecule has 0 saturated heterocycles. The highest BCUT2D eigenvalue weighted by Crippen LogP contribution is 2.00. The van der Waals surface area contributed by atoms with Crippen molar-refractivity contribution in [3.8, 4) is 5.95 Å². The van der Waals surface area contributed by atoms with Crippen LogP contribution < -0.4 is 0 Å². The lowest BCUT2D eigenvalue weighted by Gasteiger charge is -1.67. The fourth-order valence-corrected chi connectivity index (χ4v) is 0.209. The Hall–Kier alpha value is -0.510. The minimum atomic E-state index is -0.144. The first kappa shape index (κ1) is 6.49. The Morgan fingerprint density at radius 2 is 2.43 bits per heavy atom. The highest BCUT2D eigenvalue weighted by molar-refractivity contribution is 8.93. The number of rotatable bonds is 0. The Labute approximate surface area is 50.8 Å². The number of halogens is 1. The van der Waals surface area contributed by atoms with Gasteiger partial charge in [0.2, 0.25) is 0 Å². The smallest absolute Gasteiger partial charge is 0.302 e. The second-order valence-electron chi connectivity index (χ2n) is 0.840. The van der Waals surface area contributed by atoms with E-state index >= 15 is 0 Å². The van der Waals surface area contributed by atoms with Gasteiger partial charge in [0.05, 0.1) is 0 Å². The molecule has 1 N–H and O–H groups in total. The minimum absolute atomic E-state index is 0. The molecule has 4 heteroatoms.